The molecule has 3 rings (SSSR count). The summed E-state index contributed by atoms with van der Waals surface area (Å²) in [6, 6.07) is 6.13. The van der Waals surface area contributed by atoms with E-state index in [0.29, 0.717) is 33.3 Å². The van der Waals surface area contributed by atoms with Gasteiger partial charge in [0.1, 0.15) is 16.9 Å². The van der Waals surface area contributed by atoms with Crippen LogP contribution in [-0.2, 0) is 6.54 Å². The summed E-state index contributed by atoms with van der Waals surface area (Å²) in [6.45, 7) is 0.395. The number of rotatable bonds is 3. The highest BCUT2D eigenvalue weighted by atomic mass is 79.9. The maximum Gasteiger partial charge on any atom is 0.130 e. The van der Waals surface area contributed by atoms with E-state index < -0.39 is 0 Å². The van der Waals surface area contributed by atoms with Gasteiger partial charge in [0.2, 0.25) is 0 Å². The number of halogens is 4. The van der Waals surface area contributed by atoms with Crippen molar-refractivity contribution in [1.82, 2.24) is 8.75 Å². The zero-order valence-corrected chi connectivity index (χ0v) is 14.2. The van der Waals surface area contributed by atoms with Crippen molar-refractivity contribution in [3.05, 3.63) is 50.2 Å². The van der Waals surface area contributed by atoms with Crippen LogP contribution in [0.3, 0.4) is 0 Å². The fourth-order valence-electron chi connectivity index (χ4n) is 1.90. The molecular formula is C13H7BrCl2FN3S. The minimum absolute atomic E-state index is 0.294. The van der Waals surface area contributed by atoms with Crippen molar-refractivity contribution in [3.63, 3.8) is 0 Å². The van der Waals surface area contributed by atoms with Gasteiger partial charge in [-0.2, -0.15) is 8.75 Å². The lowest BCUT2D eigenvalue weighted by atomic mass is 10.2. The summed E-state index contributed by atoms with van der Waals surface area (Å²) >= 11 is 16.7. The second kappa shape index (κ2) is 6.04. The highest BCUT2D eigenvalue weighted by Crippen LogP contribution is 2.35. The summed E-state index contributed by atoms with van der Waals surface area (Å²) in [6.07, 6.45) is 0. The van der Waals surface area contributed by atoms with Crippen molar-refractivity contribution in [3.8, 4) is 0 Å². The molecule has 0 saturated carbocycles. The molecule has 0 amide bonds. The van der Waals surface area contributed by atoms with Gasteiger partial charge in [-0.05, 0) is 29.8 Å². The third kappa shape index (κ3) is 2.99. The van der Waals surface area contributed by atoms with Gasteiger partial charge in [0.15, 0.2) is 0 Å². The molecule has 0 atom stereocenters. The van der Waals surface area contributed by atoms with Crippen molar-refractivity contribution >= 4 is 67.6 Å². The summed E-state index contributed by atoms with van der Waals surface area (Å²) in [5.41, 5.74) is 2.63. The minimum atomic E-state index is -0.294. The molecule has 1 aromatic heterocycles. The summed E-state index contributed by atoms with van der Waals surface area (Å²) in [4.78, 5) is 0. The van der Waals surface area contributed by atoms with Crippen LogP contribution in [0.5, 0.6) is 0 Å². The van der Waals surface area contributed by atoms with Crippen LogP contribution in [0.4, 0.5) is 10.1 Å². The average Bonchev–Trinajstić information content (AvgIpc) is 2.92. The Morgan fingerprint density at radius 2 is 1.90 bits per heavy atom. The lowest BCUT2D eigenvalue weighted by Crippen LogP contribution is -2.02. The molecule has 3 nitrogen and oxygen atoms in total. The molecule has 0 aliphatic heterocycles. The van der Waals surface area contributed by atoms with Gasteiger partial charge in [-0.3, -0.25) is 0 Å². The van der Waals surface area contributed by atoms with Gasteiger partial charge in [-0.15, -0.1) is 0 Å². The highest BCUT2D eigenvalue weighted by molar-refractivity contribution is 9.10. The molecule has 0 unspecified atom stereocenters. The average molecular weight is 407 g/mol. The number of nitrogens with zero attached hydrogens (tertiary/aromatic N) is 2. The lowest BCUT2D eigenvalue weighted by Gasteiger charge is -2.11. The van der Waals surface area contributed by atoms with Gasteiger partial charge in [-0.1, -0.05) is 39.1 Å². The predicted molar refractivity (Wildman–Crippen MR) is 88.9 cm³/mol. The van der Waals surface area contributed by atoms with Crippen LogP contribution < -0.4 is 5.32 Å². The Morgan fingerprint density at radius 3 is 2.71 bits per heavy atom. The molecule has 0 bridgehead atoms. The maximum atomic E-state index is 13.3. The van der Waals surface area contributed by atoms with Crippen LogP contribution in [0.1, 0.15) is 5.56 Å². The Labute approximate surface area is 142 Å². The van der Waals surface area contributed by atoms with E-state index in [-0.39, 0.29) is 5.82 Å². The molecule has 0 aliphatic rings. The van der Waals surface area contributed by atoms with Crippen molar-refractivity contribution in [1.29, 1.82) is 0 Å². The lowest BCUT2D eigenvalue weighted by molar-refractivity contribution is 0.625. The van der Waals surface area contributed by atoms with E-state index in [0.717, 1.165) is 21.8 Å². The molecule has 0 spiro atoms. The molecule has 2 aromatic carbocycles. The first-order valence-electron chi connectivity index (χ1n) is 5.84. The molecule has 0 fully saturated rings. The first-order chi connectivity index (χ1) is 10.1. The van der Waals surface area contributed by atoms with Crippen molar-refractivity contribution < 1.29 is 4.39 Å². The Bertz CT molecular complexity index is 825. The van der Waals surface area contributed by atoms with E-state index in [1.165, 1.54) is 12.1 Å². The quantitative estimate of drug-likeness (QED) is 0.622. The van der Waals surface area contributed by atoms with Gasteiger partial charge < -0.3 is 5.32 Å². The van der Waals surface area contributed by atoms with Gasteiger partial charge in [0.05, 0.1) is 27.5 Å². The number of hydrogen-bond acceptors (Lipinski definition) is 4. The summed E-state index contributed by atoms with van der Waals surface area (Å²) in [7, 11) is 0. The molecular weight excluding hydrogens is 400 g/mol. The van der Waals surface area contributed by atoms with Crippen LogP contribution in [-0.4, -0.2) is 8.75 Å². The number of anilines is 1. The summed E-state index contributed by atoms with van der Waals surface area (Å²) in [5.74, 6) is -0.294. The normalized spacial score (nSPS) is 11.0. The number of benzene rings is 2. The molecule has 1 heterocycles. The van der Waals surface area contributed by atoms with E-state index >= 15 is 0 Å². The second-order valence-electron chi connectivity index (χ2n) is 4.27. The van der Waals surface area contributed by atoms with Crippen LogP contribution in [0.25, 0.3) is 11.0 Å². The second-order valence-corrected chi connectivity index (χ2v) is 6.46. The third-order valence-corrected chi connectivity index (χ3v) is 4.80. The molecule has 3 aromatic rings. The van der Waals surface area contributed by atoms with E-state index in [9.17, 15) is 4.39 Å². The number of nitrogens with one attached hydrogen (secondary N) is 1. The van der Waals surface area contributed by atoms with Crippen molar-refractivity contribution in [2.24, 2.45) is 0 Å². The predicted octanol–water partition coefficient (Wildman–Crippen LogP) is 5.51. The van der Waals surface area contributed by atoms with Crippen LogP contribution in [0.2, 0.25) is 10.0 Å². The fourth-order valence-corrected chi connectivity index (χ4v) is 3.47. The largest absolute Gasteiger partial charge is 0.378 e. The zero-order valence-electron chi connectivity index (χ0n) is 10.3. The Balaban J connectivity index is 1.95. The number of fused-ring (bicyclic) bond motifs is 1. The molecule has 108 valence electrons. The van der Waals surface area contributed by atoms with E-state index in [1.54, 1.807) is 12.1 Å². The van der Waals surface area contributed by atoms with Crippen LogP contribution in [0.15, 0.2) is 28.7 Å². The number of aromatic nitrogens is 2. The standard InChI is InChI=1S/C13H7BrCl2FN3S/c14-8-2-1-7(17)3-6(8)5-18-11-9(15)4-10(16)12-13(11)20-21-19-12/h1-4,18H,5H2. The Kier molecular flexibility index (Phi) is 4.31. The van der Waals surface area contributed by atoms with E-state index in [4.69, 9.17) is 23.2 Å². The first kappa shape index (κ1) is 15.0. The van der Waals surface area contributed by atoms with Crippen molar-refractivity contribution in [2.45, 2.75) is 6.54 Å². The first-order valence-corrected chi connectivity index (χ1v) is 8.12. The van der Waals surface area contributed by atoms with Crippen LogP contribution >= 0.6 is 50.9 Å². The van der Waals surface area contributed by atoms with Crippen LogP contribution in [0, 0.1) is 5.82 Å². The fraction of sp³-hybridized carbons (Fsp3) is 0.0769. The van der Waals surface area contributed by atoms with Gasteiger partial charge in [-0.25, -0.2) is 4.39 Å². The summed E-state index contributed by atoms with van der Waals surface area (Å²) in [5, 5.41) is 4.08. The molecule has 21 heavy (non-hydrogen) atoms. The van der Waals surface area contributed by atoms with E-state index in [2.05, 4.69) is 30.0 Å². The molecule has 0 aliphatic carbocycles. The molecule has 0 radical (unpaired) electrons. The molecule has 1 N–H and O–H groups in total. The smallest absolute Gasteiger partial charge is 0.130 e. The monoisotopic (exact) mass is 405 g/mol. The molecule has 8 heteroatoms. The SMILES string of the molecule is Fc1ccc(Br)c(CNc2c(Cl)cc(Cl)c3nsnc23)c1. The number of hydrogen-bond donors (Lipinski definition) is 1. The minimum Gasteiger partial charge on any atom is -0.378 e. The van der Waals surface area contributed by atoms with Crippen molar-refractivity contribution in [2.75, 3.05) is 5.32 Å². The highest BCUT2D eigenvalue weighted by Gasteiger charge is 2.14. The van der Waals surface area contributed by atoms with Gasteiger partial charge in [0, 0.05) is 11.0 Å². The van der Waals surface area contributed by atoms with Gasteiger partial charge >= 0.3 is 0 Å². The zero-order chi connectivity index (χ0) is 15.0. The molecule has 0 saturated heterocycles. The maximum absolute atomic E-state index is 13.3. The van der Waals surface area contributed by atoms with Gasteiger partial charge in [0.25, 0.3) is 0 Å². The topological polar surface area (TPSA) is 37.8 Å². The van der Waals surface area contributed by atoms with E-state index in [1.807, 2.05) is 0 Å². The Morgan fingerprint density at radius 1 is 1.14 bits per heavy atom. The summed E-state index contributed by atoms with van der Waals surface area (Å²) < 4.78 is 22.5. The Hall–Kier alpha value is -0.950. The third-order valence-electron chi connectivity index (χ3n) is 2.91.